The fourth-order valence-electron chi connectivity index (χ4n) is 1.97. The summed E-state index contributed by atoms with van der Waals surface area (Å²) in [6, 6.07) is 20.7. The van der Waals surface area contributed by atoms with E-state index in [2.05, 4.69) is 72.8 Å². The van der Waals surface area contributed by atoms with Gasteiger partial charge < -0.3 is 4.74 Å². The molecule has 0 bridgehead atoms. The molecule has 0 saturated heterocycles. The van der Waals surface area contributed by atoms with Crippen molar-refractivity contribution in [3.8, 4) is 0 Å². The third kappa shape index (κ3) is 6.73. The first-order valence-electron chi connectivity index (χ1n) is 7.46. The molecule has 0 saturated carbocycles. The van der Waals surface area contributed by atoms with Gasteiger partial charge in [0.25, 0.3) is 0 Å². The molecule has 108 valence electrons. The minimum atomic E-state index is 0.780. The third-order valence-corrected chi connectivity index (χ3v) is 3.08. The molecular formula is C20H22O. The summed E-state index contributed by atoms with van der Waals surface area (Å²) in [6.07, 6.45) is 10.5. The van der Waals surface area contributed by atoms with Gasteiger partial charge in [0.15, 0.2) is 0 Å². The lowest BCUT2D eigenvalue weighted by atomic mass is 10.2. The molecule has 0 spiro atoms. The van der Waals surface area contributed by atoms with Crippen LogP contribution >= 0.6 is 0 Å². The molecule has 1 nitrogen and oxygen atoms in total. The normalized spacial score (nSPS) is 11.4. The highest BCUT2D eigenvalue weighted by Gasteiger charge is 1.87. The number of rotatable bonds is 8. The highest BCUT2D eigenvalue weighted by molar-refractivity contribution is 5.49. The van der Waals surface area contributed by atoms with Gasteiger partial charge in [0.2, 0.25) is 0 Å². The van der Waals surface area contributed by atoms with E-state index in [1.165, 1.54) is 11.1 Å². The maximum atomic E-state index is 5.61. The summed E-state index contributed by atoms with van der Waals surface area (Å²) >= 11 is 0. The van der Waals surface area contributed by atoms with Crippen molar-refractivity contribution in [2.75, 3.05) is 13.2 Å². The molecule has 0 N–H and O–H groups in total. The number of hydrogen-bond donors (Lipinski definition) is 0. The van der Waals surface area contributed by atoms with Gasteiger partial charge in [-0.05, 0) is 24.0 Å². The number of benzene rings is 2. The molecule has 0 fully saturated rings. The molecule has 0 aromatic heterocycles. The fourth-order valence-corrected chi connectivity index (χ4v) is 1.97. The predicted molar refractivity (Wildman–Crippen MR) is 91.0 cm³/mol. The van der Waals surface area contributed by atoms with E-state index in [0.29, 0.717) is 0 Å². The van der Waals surface area contributed by atoms with Crippen molar-refractivity contribution in [1.82, 2.24) is 0 Å². The second-order valence-corrected chi connectivity index (χ2v) is 4.82. The Hall–Kier alpha value is -2.12. The molecule has 0 aliphatic heterocycles. The third-order valence-electron chi connectivity index (χ3n) is 3.08. The first kappa shape index (κ1) is 15.3. The zero-order valence-electron chi connectivity index (χ0n) is 12.3. The molecule has 21 heavy (non-hydrogen) atoms. The van der Waals surface area contributed by atoms with Gasteiger partial charge in [0.05, 0.1) is 13.2 Å². The Morgan fingerprint density at radius 3 is 1.48 bits per heavy atom. The molecule has 0 aliphatic rings. The molecule has 1 heteroatoms. The summed E-state index contributed by atoms with van der Waals surface area (Å²) in [6.45, 7) is 1.56. The van der Waals surface area contributed by atoms with E-state index in [9.17, 15) is 0 Å². The molecule has 2 aromatic rings. The molecule has 2 aromatic carbocycles. The van der Waals surface area contributed by atoms with Crippen molar-refractivity contribution < 1.29 is 4.74 Å². The Bertz CT molecular complexity index is 489. The van der Waals surface area contributed by atoms with Gasteiger partial charge in [-0.15, -0.1) is 0 Å². The average Bonchev–Trinajstić information content (AvgIpc) is 2.55. The first-order valence-corrected chi connectivity index (χ1v) is 7.46. The minimum Gasteiger partial charge on any atom is -0.381 e. The van der Waals surface area contributed by atoms with Gasteiger partial charge >= 0.3 is 0 Å². The van der Waals surface area contributed by atoms with Gasteiger partial charge in [-0.1, -0.05) is 85.0 Å². The van der Waals surface area contributed by atoms with E-state index >= 15 is 0 Å². The molecule has 2 rings (SSSR count). The maximum Gasteiger partial charge on any atom is 0.0500 e. The van der Waals surface area contributed by atoms with Gasteiger partial charge in [-0.3, -0.25) is 0 Å². The van der Waals surface area contributed by atoms with E-state index in [1.54, 1.807) is 0 Å². The summed E-state index contributed by atoms with van der Waals surface area (Å²) < 4.78 is 5.61. The maximum absolute atomic E-state index is 5.61. The predicted octanol–water partition coefficient (Wildman–Crippen LogP) is 5.21. The van der Waals surface area contributed by atoms with E-state index in [0.717, 1.165) is 26.1 Å². The minimum absolute atomic E-state index is 0.780. The second kappa shape index (κ2) is 9.73. The van der Waals surface area contributed by atoms with Crippen LogP contribution in [-0.4, -0.2) is 13.2 Å². The second-order valence-electron chi connectivity index (χ2n) is 4.82. The standard InChI is InChI=1S/C20H22O/c1-3-11-19(12-4-1)15-7-9-17-21-18-10-8-16-20-13-5-2-6-14-20/h1-8,11-16H,9-10,17-18H2. The van der Waals surface area contributed by atoms with Gasteiger partial charge in [-0.2, -0.15) is 0 Å². The lowest BCUT2D eigenvalue weighted by molar-refractivity contribution is 0.143. The number of ether oxygens (including phenoxy) is 1. The zero-order valence-corrected chi connectivity index (χ0v) is 12.3. The van der Waals surface area contributed by atoms with E-state index in [1.807, 2.05) is 12.1 Å². The molecular weight excluding hydrogens is 256 g/mol. The summed E-state index contributed by atoms with van der Waals surface area (Å²) in [5.74, 6) is 0. The molecule has 0 amide bonds. The molecule has 0 unspecified atom stereocenters. The van der Waals surface area contributed by atoms with Gasteiger partial charge in [0.1, 0.15) is 0 Å². The smallest absolute Gasteiger partial charge is 0.0500 e. The first-order chi connectivity index (χ1) is 10.4. The van der Waals surface area contributed by atoms with Crippen LogP contribution in [-0.2, 0) is 4.74 Å². The summed E-state index contributed by atoms with van der Waals surface area (Å²) in [7, 11) is 0. The zero-order chi connectivity index (χ0) is 14.6. The van der Waals surface area contributed by atoms with Crippen LogP contribution in [0.3, 0.4) is 0 Å². The van der Waals surface area contributed by atoms with Crippen molar-refractivity contribution in [3.63, 3.8) is 0 Å². The summed E-state index contributed by atoms with van der Waals surface area (Å²) in [5, 5.41) is 0. The molecule has 0 aliphatic carbocycles. The molecule has 0 radical (unpaired) electrons. The monoisotopic (exact) mass is 278 g/mol. The number of hydrogen-bond acceptors (Lipinski definition) is 1. The van der Waals surface area contributed by atoms with Crippen molar-refractivity contribution in [1.29, 1.82) is 0 Å². The lowest BCUT2D eigenvalue weighted by Gasteiger charge is -1.99. The average molecular weight is 278 g/mol. The molecule has 0 heterocycles. The highest BCUT2D eigenvalue weighted by atomic mass is 16.5. The van der Waals surface area contributed by atoms with E-state index < -0.39 is 0 Å². The van der Waals surface area contributed by atoms with Crippen molar-refractivity contribution in [2.45, 2.75) is 12.8 Å². The Kier molecular flexibility index (Phi) is 7.08. The van der Waals surface area contributed by atoms with Crippen LogP contribution in [0.2, 0.25) is 0 Å². The largest absolute Gasteiger partial charge is 0.381 e. The Morgan fingerprint density at radius 1 is 0.619 bits per heavy atom. The van der Waals surface area contributed by atoms with Crippen molar-refractivity contribution >= 4 is 12.2 Å². The Labute approximate surface area is 127 Å². The van der Waals surface area contributed by atoms with E-state index in [-0.39, 0.29) is 0 Å². The highest BCUT2D eigenvalue weighted by Crippen LogP contribution is 2.03. The summed E-state index contributed by atoms with van der Waals surface area (Å²) in [4.78, 5) is 0. The van der Waals surface area contributed by atoms with Crippen LogP contribution in [0.15, 0.2) is 72.8 Å². The van der Waals surface area contributed by atoms with Gasteiger partial charge in [-0.25, -0.2) is 0 Å². The van der Waals surface area contributed by atoms with Crippen LogP contribution in [0.5, 0.6) is 0 Å². The summed E-state index contributed by atoms with van der Waals surface area (Å²) in [5.41, 5.74) is 2.48. The van der Waals surface area contributed by atoms with Crippen LogP contribution in [0.1, 0.15) is 24.0 Å². The van der Waals surface area contributed by atoms with Crippen LogP contribution < -0.4 is 0 Å². The van der Waals surface area contributed by atoms with E-state index in [4.69, 9.17) is 4.74 Å². The van der Waals surface area contributed by atoms with Gasteiger partial charge in [0, 0.05) is 0 Å². The van der Waals surface area contributed by atoms with Crippen LogP contribution in [0.4, 0.5) is 0 Å². The lowest BCUT2D eigenvalue weighted by Crippen LogP contribution is -1.94. The SMILES string of the molecule is C(=Cc1ccccc1)CCOCCC=Cc1ccccc1. The topological polar surface area (TPSA) is 9.23 Å². The molecule has 0 atom stereocenters. The van der Waals surface area contributed by atoms with Crippen LogP contribution in [0, 0.1) is 0 Å². The van der Waals surface area contributed by atoms with Crippen molar-refractivity contribution in [3.05, 3.63) is 83.9 Å². The fraction of sp³-hybridized carbons (Fsp3) is 0.200. The Balaban J connectivity index is 1.52. The quantitative estimate of drug-likeness (QED) is 0.602. The van der Waals surface area contributed by atoms with Crippen LogP contribution in [0.25, 0.3) is 12.2 Å². The van der Waals surface area contributed by atoms with Crippen molar-refractivity contribution in [2.24, 2.45) is 0 Å². The Morgan fingerprint density at radius 2 is 1.05 bits per heavy atom.